The van der Waals surface area contributed by atoms with Crippen LogP contribution in [0.5, 0.6) is 0 Å². The standard InChI is InChI=1S/C12H17NO/c1-10-6-5-9-12(13(10)14)11-7-3-2-4-8-11/h2-4,7-8,10,12-13H,5-6,9H2,1H3. The van der Waals surface area contributed by atoms with E-state index in [9.17, 15) is 5.21 Å². The van der Waals surface area contributed by atoms with E-state index < -0.39 is 0 Å². The fourth-order valence-corrected chi connectivity index (χ4v) is 2.27. The van der Waals surface area contributed by atoms with Crippen LogP contribution in [0.15, 0.2) is 30.3 Å². The molecule has 0 saturated carbocycles. The van der Waals surface area contributed by atoms with Crippen LogP contribution in [-0.2, 0) is 0 Å². The van der Waals surface area contributed by atoms with Crippen molar-refractivity contribution < 1.29 is 5.06 Å². The lowest BCUT2D eigenvalue weighted by Crippen LogP contribution is -3.12. The van der Waals surface area contributed by atoms with Crippen LogP contribution in [0.25, 0.3) is 0 Å². The Balaban J connectivity index is 2.17. The average Bonchev–Trinajstić information content (AvgIpc) is 2.23. The number of hydrogen-bond acceptors (Lipinski definition) is 1. The van der Waals surface area contributed by atoms with Crippen molar-refractivity contribution in [1.82, 2.24) is 0 Å². The Labute approximate surface area is 85.1 Å². The molecule has 0 aliphatic carbocycles. The van der Waals surface area contributed by atoms with Gasteiger partial charge in [0.25, 0.3) is 0 Å². The highest BCUT2D eigenvalue weighted by atomic mass is 16.5. The molecule has 1 N–H and O–H groups in total. The molecule has 1 aliphatic rings. The second-order valence-corrected chi connectivity index (χ2v) is 4.20. The van der Waals surface area contributed by atoms with E-state index in [2.05, 4.69) is 19.1 Å². The van der Waals surface area contributed by atoms with Crippen LogP contribution in [0.3, 0.4) is 0 Å². The third-order valence-corrected chi connectivity index (χ3v) is 3.16. The molecule has 0 bridgehead atoms. The maximum absolute atomic E-state index is 11.9. The average molecular weight is 191 g/mol. The first-order valence-electron chi connectivity index (χ1n) is 5.37. The molecule has 1 fully saturated rings. The Kier molecular flexibility index (Phi) is 2.85. The van der Waals surface area contributed by atoms with Gasteiger partial charge in [0, 0.05) is 12.0 Å². The van der Waals surface area contributed by atoms with E-state index in [4.69, 9.17) is 0 Å². The molecule has 1 heterocycles. The van der Waals surface area contributed by atoms with Crippen LogP contribution >= 0.6 is 0 Å². The van der Waals surface area contributed by atoms with Gasteiger partial charge >= 0.3 is 0 Å². The molecule has 3 unspecified atom stereocenters. The highest BCUT2D eigenvalue weighted by molar-refractivity contribution is 5.17. The SMILES string of the molecule is CC1CCCC(c2ccccc2)[NH+]1[O-]. The molecule has 1 aromatic rings. The zero-order valence-corrected chi connectivity index (χ0v) is 8.57. The topological polar surface area (TPSA) is 27.5 Å². The Morgan fingerprint density at radius 1 is 1.21 bits per heavy atom. The Morgan fingerprint density at radius 2 is 1.93 bits per heavy atom. The monoisotopic (exact) mass is 191 g/mol. The molecule has 0 radical (unpaired) electrons. The molecule has 0 spiro atoms. The van der Waals surface area contributed by atoms with Crippen molar-refractivity contribution in [2.24, 2.45) is 0 Å². The zero-order valence-electron chi connectivity index (χ0n) is 8.57. The van der Waals surface area contributed by atoms with Crippen molar-refractivity contribution in [3.8, 4) is 0 Å². The van der Waals surface area contributed by atoms with Gasteiger partial charge in [0.2, 0.25) is 0 Å². The molecular weight excluding hydrogens is 174 g/mol. The molecule has 14 heavy (non-hydrogen) atoms. The molecule has 0 amide bonds. The van der Waals surface area contributed by atoms with Crippen LogP contribution in [0.4, 0.5) is 0 Å². The van der Waals surface area contributed by atoms with Gasteiger partial charge in [0.1, 0.15) is 6.04 Å². The maximum Gasteiger partial charge on any atom is 0.113 e. The van der Waals surface area contributed by atoms with Crippen molar-refractivity contribution in [3.05, 3.63) is 41.1 Å². The van der Waals surface area contributed by atoms with Crippen LogP contribution in [0, 0.1) is 5.21 Å². The summed E-state index contributed by atoms with van der Waals surface area (Å²) >= 11 is 0. The Morgan fingerprint density at radius 3 is 2.64 bits per heavy atom. The van der Waals surface area contributed by atoms with Gasteiger partial charge in [-0.15, -0.1) is 0 Å². The summed E-state index contributed by atoms with van der Waals surface area (Å²) in [7, 11) is 0. The fourth-order valence-electron chi connectivity index (χ4n) is 2.27. The number of quaternary nitrogens is 1. The van der Waals surface area contributed by atoms with Crippen molar-refractivity contribution >= 4 is 0 Å². The summed E-state index contributed by atoms with van der Waals surface area (Å²) in [5, 5.41) is 12.4. The first-order valence-corrected chi connectivity index (χ1v) is 5.37. The fraction of sp³-hybridized carbons (Fsp3) is 0.500. The van der Waals surface area contributed by atoms with Gasteiger partial charge in [0.05, 0.1) is 6.04 Å². The summed E-state index contributed by atoms with van der Waals surface area (Å²) in [5.74, 6) is 0. The zero-order chi connectivity index (χ0) is 9.97. The van der Waals surface area contributed by atoms with Crippen LogP contribution in [0.2, 0.25) is 0 Å². The van der Waals surface area contributed by atoms with E-state index in [0.29, 0.717) is 5.06 Å². The van der Waals surface area contributed by atoms with Gasteiger partial charge in [-0.3, -0.25) is 0 Å². The molecule has 3 atom stereocenters. The van der Waals surface area contributed by atoms with E-state index in [1.807, 2.05) is 18.2 Å². The second-order valence-electron chi connectivity index (χ2n) is 4.20. The number of hydrogen-bond donors (Lipinski definition) is 1. The molecule has 1 saturated heterocycles. The van der Waals surface area contributed by atoms with E-state index in [-0.39, 0.29) is 12.1 Å². The first kappa shape index (κ1) is 9.69. The van der Waals surface area contributed by atoms with Crippen molar-refractivity contribution in [2.75, 3.05) is 0 Å². The largest absolute Gasteiger partial charge is 0.634 e. The number of nitrogens with one attached hydrogen (secondary N) is 1. The van der Waals surface area contributed by atoms with Gasteiger partial charge in [-0.05, 0) is 19.8 Å². The molecular formula is C12H17NO. The van der Waals surface area contributed by atoms with Gasteiger partial charge in [-0.25, -0.2) is 0 Å². The molecule has 76 valence electrons. The predicted molar refractivity (Wildman–Crippen MR) is 56.8 cm³/mol. The molecule has 2 nitrogen and oxygen atoms in total. The lowest BCUT2D eigenvalue weighted by molar-refractivity contribution is -0.912. The number of rotatable bonds is 1. The van der Waals surface area contributed by atoms with Crippen LogP contribution in [-0.4, -0.2) is 6.04 Å². The molecule has 2 heteroatoms. The van der Waals surface area contributed by atoms with E-state index in [1.165, 1.54) is 12.0 Å². The van der Waals surface area contributed by atoms with E-state index >= 15 is 0 Å². The Hall–Kier alpha value is -0.860. The van der Waals surface area contributed by atoms with Crippen LogP contribution in [0.1, 0.15) is 37.8 Å². The van der Waals surface area contributed by atoms with E-state index in [1.54, 1.807) is 0 Å². The van der Waals surface area contributed by atoms with Gasteiger partial charge < -0.3 is 10.3 Å². The lowest BCUT2D eigenvalue weighted by Gasteiger charge is -2.40. The summed E-state index contributed by atoms with van der Waals surface area (Å²) in [6.45, 7) is 2.05. The minimum Gasteiger partial charge on any atom is -0.634 e. The molecule has 0 aromatic heterocycles. The smallest absolute Gasteiger partial charge is 0.113 e. The molecule has 1 aliphatic heterocycles. The summed E-state index contributed by atoms with van der Waals surface area (Å²) in [4.78, 5) is 0. The van der Waals surface area contributed by atoms with Crippen LogP contribution < -0.4 is 5.06 Å². The van der Waals surface area contributed by atoms with Gasteiger partial charge in [-0.1, -0.05) is 30.3 Å². The number of hydroxylamine groups is 2. The van der Waals surface area contributed by atoms with Crippen molar-refractivity contribution in [1.29, 1.82) is 0 Å². The normalized spacial score (nSPS) is 32.9. The summed E-state index contributed by atoms with van der Waals surface area (Å²) in [6, 6.07) is 10.6. The van der Waals surface area contributed by atoms with Crippen molar-refractivity contribution in [3.63, 3.8) is 0 Å². The Bertz CT molecular complexity index is 286. The third kappa shape index (κ3) is 1.81. The van der Waals surface area contributed by atoms with Crippen molar-refractivity contribution in [2.45, 2.75) is 38.3 Å². The molecule has 1 aromatic carbocycles. The minimum atomic E-state index is 0.167. The maximum atomic E-state index is 11.9. The molecule has 2 rings (SSSR count). The summed E-state index contributed by atoms with van der Waals surface area (Å²) < 4.78 is 0. The van der Waals surface area contributed by atoms with Gasteiger partial charge in [-0.2, -0.15) is 0 Å². The summed E-state index contributed by atoms with van der Waals surface area (Å²) in [5.41, 5.74) is 1.20. The quantitative estimate of drug-likeness (QED) is 0.672. The second kappa shape index (κ2) is 4.11. The number of piperidine rings is 1. The minimum absolute atomic E-state index is 0.167. The van der Waals surface area contributed by atoms with E-state index in [0.717, 1.165) is 12.8 Å². The predicted octanol–water partition coefficient (Wildman–Crippen LogP) is 1.68. The summed E-state index contributed by atoms with van der Waals surface area (Å²) in [6.07, 6.45) is 3.29. The highest BCUT2D eigenvalue weighted by Gasteiger charge is 2.26. The van der Waals surface area contributed by atoms with Gasteiger partial charge in [0.15, 0.2) is 0 Å². The first-order chi connectivity index (χ1) is 6.79. The number of benzene rings is 1. The lowest BCUT2D eigenvalue weighted by atomic mass is 9.94. The highest BCUT2D eigenvalue weighted by Crippen LogP contribution is 2.20. The third-order valence-electron chi connectivity index (χ3n) is 3.16.